The van der Waals surface area contributed by atoms with Crippen molar-refractivity contribution in [1.82, 2.24) is 10.2 Å². The average molecular weight is 172 g/mol. The number of nitrogens with zero attached hydrogens (tertiary/aromatic N) is 1. The molecule has 3 heteroatoms. The minimum atomic E-state index is -0.0741. The zero-order valence-electron chi connectivity index (χ0n) is 8.72. The van der Waals surface area contributed by atoms with E-state index in [0.29, 0.717) is 6.04 Å². The monoisotopic (exact) mass is 172 g/mol. The molecule has 0 aliphatic carbocycles. The van der Waals surface area contributed by atoms with Crippen LogP contribution >= 0.6 is 0 Å². The van der Waals surface area contributed by atoms with Crippen LogP contribution in [-0.2, 0) is 4.79 Å². The number of rotatable bonds is 4. The second-order valence-electron chi connectivity index (χ2n) is 3.43. The van der Waals surface area contributed by atoms with Gasteiger partial charge in [0.05, 0.1) is 6.04 Å². The summed E-state index contributed by atoms with van der Waals surface area (Å²) in [6.45, 7) is 6.08. The predicted octanol–water partition coefficient (Wildman–Crippen LogP) is 0.851. The van der Waals surface area contributed by atoms with Gasteiger partial charge in [0.2, 0.25) is 5.91 Å². The first-order valence-corrected chi connectivity index (χ1v) is 4.46. The molecule has 0 aliphatic rings. The standard InChI is InChI=1S/C9H20N2O/c1-6-7(2)10-8(3)9(12)11(4)5/h7-8,10H,6H2,1-5H3. The average Bonchev–Trinajstić information content (AvgIpc) is 2.02. The Morgan fingerprint density at radius 1 is 1.42 bits per heavy atom. The molecule has 72 valence electrons. The van der Waals surface area contributed by atoms with Gasteiger partial charge in [0.25, 0.3) is 0 Å². The van der Waals surface area contributed by atoms with E-state index >= 15 is 0 Å². The summed E-state index contributed by atoms with van der Waals surface area (Å²) in [6, 6.07) is 0.332. The summed E-state index contributed by atoms with van der Waals surface area (Å²) in [7, 11) is 3.55. The predicted molar refractivity (Wildman–Crippen MR) is 51.0 cm³/mol. The zero-order chi connectivity index (χ0) is 9.72. The summed E-state index contributed by atoms with van der Waals surface area (Å²) in [4.78, 5) is 13.0. The first-order valence-electron chi connectivity index (χ1n) is 4.46. The van der Waals surface area contributed by atoms with Gasteiger partial charge in [0, 0.05) is 20.1 Å². The van der Waals surface area contributed by atoms with E-state index in [1.165, 1.54) is 0 Å². The fraction of sp³-hybridized carbons (Fsp3) is 0.889. The lowest BCUT2D eigenvalue weighted by atomic mass is 10.2. The molecule has 12 heavy (non-hydrogen) atoms. The van der Waals surface area contributed by atoms with Crippen molar-refractivity contribution >= 4 is 5.91 Å². The number of hydrogen-bond acceptors (Lipinski definition) is 2. The van der Waals surface area contributed by atoms with Gasteiger partial charge in [-0.25, -0.2) is 0 Å². The fourth-order valence-electron chi connectivity index (χ4n) is 1.00. The first-order chi connectivity index (χ1) is 5.49. The van der Waals surface area contributed by atoms with Crippen molar-refractivity contribution in [3.05, 3.63) is 0 Å². The molecule has 2 unspecified atom stereocenters. The van der Waals surface area contributed by atoms with Gasteiger partial charge in [0.1, 0.15) is 0 Å². The third kappa shape index (κ3) is 3.72. The summed E-state index contributed by atoms with van der Waals surface area (Å²) in [5.41, 5.74) is 0. The quantitative estimate of drug-likeness (QED) is 0.682. The Bertz CT molecular complexity index is 145. The number of carbonyl (C=O) groups excluding carboxylic acids is 1. The molecule has 0 aromatic carbocycles. The van der Waals surface area contributed by atoms with E-state index in [2.05, 4.69) is 19.2 Å². The molecule has 0 saturated heterocycles. The summed E-state index contributed by atoms with van der Waals surface area (Å²) < 4.78 is 0. The molecular formula is C9H20N2O. The highest BCUT2D eigenvalue weighted by atomic mass is 16.2. The van der Waals surface area contributed by atoms with Gasteiger partial charge in [-0.2, -0.15) is 0 Å². The lowest BCUT2D eigenvalue weighted by Crippen LogP contribution is -2.44. The number of carbonyl (C=O) groups is 1. The summed E-state index contributed by atoms with van der Waals surface area (Å²) in [6.07, 6.45) is 1.05. The Hall–Kier alpha value is -0.570. The molecule has 0 fully saturated rings. The Balaban J connectivity index is 3.86. The van der Waals surface area contributed by atoms with Gasteiger partial charge in [0.15, 0.2) is 0 Å². The molecule has 0 aliphatic heterocycles. The van der Waals surface area contributed by atoms with E-state index in [1.807, 2.05) is 6.92 Å². The molecular weight excluding hydrogens is 152 g/mol. The highest BCUT2D eigenvalue weighted by Crippen LogP contribution is 1.94. The number of nitrogens with one attached hydrogen (secondary N) is 1. The SMILES string of the molecule is CCC(C)NC(C)C(=O)N(C)C. The van der Waals surface area contributed by atoms with Crippen LogP contribution in [0.5, 0.6) is 0 Å². The topological polar surface area (TPSA) is 32.3 Å². The van der Waals surface area contributed by atoms with E-state index in [-0.39, 0.29) is 11.9 Å². The van der Waals surface area contributed by atoms with Crippen molar-refractivity contribution in [2.75, 3.05) is 14.1 Å². The number of amides is 1. The molecule has 0 aromatic heterocycles. The van der Waals surface area contributed by atoms with E-state index in [9.17, 15) is 4.79 Å². The van der Waals surface area contributed by atoms with Crippen LogP contribution in [0, 0.1) is 0 Å². The van der Waals surface area contributed by atoms with Gasteiger partial charge in [-0.05, 0) is 20.3 Å². The van der Waals surface area contributed by atoms with E-state index in [1.54, 1.807) is 19.0 Å². The minimum absolute atomic E-state index is 0.0741. The molecule has 0 bridgehead atoms. The smallest absolute Gasteiger partial charge is 0.238 e. The fourth-order valence-corrected chi connectivity index (χ4v) is 1.00. The first kappa shape index (κ1) is 11.4. The van der Waals surface area contributed by atoms with Gasteiger partial charge in [-0.15, -0.1) is 0 Å². The second kappa shape index (κ2) is 5.14. The molecule has 0 rings (SSSR count). The Labute approximate surface area is 75.1 Å². The van der Waals surface area contributed by atoms with Crippen LogP contribution in [0.2, 0.25) is 0 Å². The normalized spacial score (nSPS) is 15.4. The van der Waals surface area contributed by atoms with Crippen LogP contribution in [-0.4, -0.2) is 37.0 Å². The lowest BCUT2D eigenvalue weighted by Gasteiger charge is -2.21. The highest BCUT2D eigenvalue weighted by molar-refractivity contribution is 5.80. The van der Waals surface area contributed by atoms with Crippen LogP contribution in [0.3, 0.4) is 0 Å². The van der Waals surface area contributed by atoms with Crippen molar-refractivity contribution < 1.29 is 4.79 Å². The maximum Gasteiger partial charge on any atom is 0.238 e. The maximum atomic E-state index is 11.4. The zero-order valence-corrected chi connectivity index (χ0v) is 8.72. The molecule has 2 atom stereocenters. The molecule has 1 N–H and O–H groups in total. The third-order valence-electron chi connectivity index (χ3n) is 1.96. The van der Waals surface area contributed by atoms with Crippen molar-refractivity contribution in [1.29, 1.82) is 0 Å². The summed E-state index contributed by atoms with van der Waals surface area (Å²) in [5.74, 6) is 0.135. The van der Waals surface area contributed by atoms with Crippen molar-refractivity contribution in [3.63, 3.8) is 0 Å². The van der Waals surface area contributed by atoms with Crippen LogP contribution in [0.1, 0.15) is 27.2 Å². The van der Waals surface area contributed by atoms with Crippen molar-refractivity contribution in [2.24, 2.45) is 0 Å². The highest BCUT2D eigenvalue weighted by Gasteiger charge is 2.15. The van der Waals surface area contributed by atoms with Crippen LogP contribution < -0.4 is 5.32 Å². The Morgan fingerprint density at radius 2 is 1.92 bits per heavy atom. The van der Waals surface area contributed by atoms with E-state index in [4.69, 9.17) is 0 Å². The molecule has 3 nitrogen and oxygen atoms in total. The van der Waals surface area contributed by atoms with Crippen LogP contribution in [0.25, 0.3) is 0 Å². The lowest BCUT2D eigenvalue weighted by molar-refractivity contribution is -0.130. The third-order valence-corrected chi connectivity index (χ3v) is 1.96. The Kier molecular flexibility index (Phi) is 4.90. The summed E-state index contributed by atoms with van der Waals surface area (Å²) >= 11 is 0. The van der Waals surface area contributed by atoms with Gasteiger partial charge in [-0.3, -0.25) is 4.79 Å². The van der Waals surface area contributed by atoms with Crippen LogP contribution in [0.15, 0.2) is 0 Å². The van der Waals surface area contributed by atoms with Crippen LogP contribution in [0.4, 0.5) is 0 Å². The molecule has 0 spiro atoms. The maximum absolute atomic E-state index is 11.4. The second-order valence-corrected chi connectivity index (χ2v) is 3.43. The molecule has 0 heterocycles. The largest absolute Gasteiger partial charge is 0.347 e. The van der Waals surface area contributed by atoms with Gasteiger partial charge >= 0.3 is 0 Å². The van der Waals surface area contributed by atoms with Crippen molar-refractivity contribution in [3.8, 4) is 0 Å². The summed E-state index contributed by atoms with van der Waals surface area (Å²) in [5, 5.41) is 3.22. The molecule has 0 aromatic rings. The molecule has 1 amide bonds. The van der Waals surface area contributed by atoms with Crippen molar-refractivity contribution in [2.45, 2.75) is 39.3 Å². The number of hydrogen-bond donors (Lipinski definition) is 1. The Morgan fingerprint density at radius 3 is 2.25 bits per heavy atom. The molecule has 0 radical (unpaired) electrons. The van der Waals surface area contributed by atoms with E-state index < -0.39 is 0 Å². The molecule has 0 saturated carbocycles. The minimum Gasteiger partial charge on any atom is -0.347 e. The van der Waals surface area contributed by atoms with Gasteiger partial charge in [-0.1, -0.05) is 6.92 Å². The number of likely N-dealkylation sites (N-methyl/N-ethyl adjacent to an activating group) is 1. The van der Waals surface area contributed by atoms with E-state index in [0.717, 1.165) is 6.42 Å². The van der Waals surface area contributed by atoms with Gasteiger partial charge < -0.3 is 10.2 Å².